The third-order valence-corrected chi connectivity index (χ3v) is 8.25. The van der Waals surface area contributed by atoms with E-state index < -0.39 is 0 Å². The molecule has 2 fully saturated rings. The molecule has 3 heteroatoms. The lowest BCUT2D eigenvalue weighted by atomic mass is 9.47. The molecule has 0 amide bonds. The average Bonchev–Trinajstić information content (AvgIpc) is 2.79. The molecular formula is C20H32O3. The Labute approximate surface area is 140 Å². The summed E-state index contributed by atoms with van der Waals surface area (Å²) in [5.74, 6) is 0.549. The maximum absolute atomic E-state index is 10.5. The topological polar surface area (TPSA) is 49.7 Å². The first-order valence-corrected chi connectivity index (χ1v) is 9.41. The third kappa shape index (κ3) is 1.93. The minimum Gasteiger partial charge on any atom is -0.393 e. The van der Waals surface area contributed by atoms with Gasteiger partial charge in [0.15, 0.2) is 0 Å². The van der Waals surface area contributed by atoms with Gasteiger partial charge in [-0.25, -0.2) is 0 Å². The number of ether oxygens (including phenoxy) is 1. The van der Waals surface area contributed by atoms with E-state index in [0.29, 0.717) is 12.5 Å². The van der Waals surface area contributed by atoms with Crippen LogP contribution in [0.2, 0.25) is 0 Å². The number of rotatable bonds is 0. The lowest BCUT2D eigenvalue weighted by Gasteiger charge is -2.59. The van der Waals surface area contributed by atoms with Gasteiger partial charge in [0.2, 0.25) is 0 Å². The highest BCUT2D eigenvalue weighted by atomic mass is 16.5. The standard InChI is InChI=1S/C20H32O3/c1-18(2)14-6-5-12-13(19(14,3)10-8-15(18)21)7-9-20(4)16(22)11-23-17(12)20/h14-17,21-22H,5-11H2,1-4H3/t14?,15?,16?,17?,19-,20+/m0/s1. The molecule has 3 aliphatic carbocycles. The molecule has 1 saturated carbocycles. The fourth-order valence-electron chi connectivity index (χ4n) is 6.57. The summed E-state index contributed by atoms with van der Waals surface area (Å²) in [5, 5.41) is 20.9. The maximum Gasteiger partial charge on any atom is 0.0868 e. The van der Waals surface area contributed by atoms with Gasteiger partial charge in [0.1, 0.15) is 0 Å². The normalized spacial score (nSPS) is 51.9. The minimum absolute atomic E-state index is 0.0116. The molecule has 0 aromatic heterocycles. The molecular weight excluding hydrogens is 288 g/mol. The van der Waals surface area contributed by atoms with Gasteiger partial charge in [-0.05, 0) is 60.8 Å². The molecule has 1 heterocycles. The van der Waals surface area contributed by atoms with E-state index in [1.165, 1.54) is 5.57 Å². The number of aliphatic hydroxyl groups is 2. The highest BCUT2D eigenvalue weighted by molar-refractivity contribution is 5.36. The molecule has 4 rings (SSSR count). The first-order valence-electron chi connectivity index (χ1n) is 9.41. The van der Waals surface area contributed by atoms with E-state index in [0.717, 1.165) is 38.5 Å². The molecule has 1 saturated heterocycles. The number of hydrogen-bond donors (Lipinski definition) is 2. The minimum atomic E-state index is -0.323. The Hall–Kier alpha value is -0.380. The molecule has 2 N–H and O–H groups in total. The van der Waals surface area contributed by atoms with Crippen LogP contribution >= 0.6 is 0 Å². The third-order valence-electron chi connectivity index (χ3n) is 8.25. The van der Waals surface area contributed by atoms with Gasteiger partial charge in [0.05, 0.1) is 24.9 Å². The lowest BCUT2D eigenvalue weighted by Crippen LogP contribution is -2.54. The predicted molar refractivity (Wildman–Crippen MR) is 90.0 cm³/mol. The number of aliphatic hydroxyl groups excluding tert-OH is 2. The van der Waals surface area contributed by atoms with Crippen LogP contribution in [0, 0.1) is 22.2 Å². The van der Waals surface area contributed by atoms with Crippen molar-refractivity contribution in [3.05, 3.63) is 11.1 Å². The molecule has 0 spiro atoms. The van der Waals surface area contributed by atoms with Crippen LogP contribution in [0.1, 0.15) is 66.2 Å². The van der Waals surface area contributed by atoms with Gasteiger partial charge in [-0.2, -0.15) is 0 Å². The zero-order chi connectivity index (χ0) is 16.6. The molecule has 23 heavy (non-hydrogen) atoms. The molecule has 0 aromatic rings. The van der Waals surface area contributed by atoms with Gasteiger partial charge < -0.3 is 14.9 Å². The summed E-state index contributed by atoms with van der Waals surface area (Å²) < 4.78 is 6.08. The summed E-state index contributed by atoms with van der Waals surface area (Å²) in [5.41, 5.74) is 3.22. The average molecular weight is 320 g/mol. The Morgan fingerprint density at radius 3 is 2.43 bits per heavy atom. The van der Waals surface area contributed by atoms with Gasteiger partial charge in [-0.1, -0.05) is 33.3 Å². The van der Waals surface area contributed by atoms with E-state index >= 15 is 0 Å². The molecule has 130 valence electrons. The van der Waals surface area contributed by atoms with Gasteiger partial charge in [-0.3, -0.25) is 0 Å². The van der Waals surface area contributed by atoms with Crippen molar-refractivity contribution in [2.75, 3.05) is 6.61 Å². The first kappa shape index (κ1) is 16.1. The second-order valence-electron chi connectivity index (χ2n) is 9.62. The molecule has 3 nitrogen and oxygen atoms in total. The van der Waals surface area contributed by atoms with E-state index in [4.69, 9.17) is 4.74 Å². The van der Waals surface area contributed by atoms with Crippen molar-refractivity contribution in [2.45, 2.75) is 84.5 Å². The monoisotopic (exact) mass is 320 g/mol. The largest absolute Gasteiger partial charge is 0.393 e. The van der Waals surface area contributed by atoms with Gasteiger partial charge in [0.25, 0.3) is 0 Å². The Balaban J connectivity index is 1.77. The van der Waals surface area contributed by atoms with Crippen molar-refractivity contribution in [1.82, 2.24) is 0 Å². The van der Waals surface area contributed by atoms with Crippen molar-refractivity contribution >= 4 is 0 Å². The molecule has 0 bridgehead atoms. The quantitative estimate of drug-likeness (QED) is 0.672. The molecule has 4 unspecified atom stereocenters. The fourth-order valence-corrected chi connectivity index (χ4v) is 6.57. The van der Waals surface area contributed by atoms with E-state index in [9.17, 15) is 10.2 Å². The molecule has 6 atom stereocenters. The van der Waals surface area contributed by atoms with Crippen LogP contribution in [0.3, 0.4) is 0 Å². The Morgan fingerprint density at radius 1 is 0.957 bits per heavy atom. The number of fused-ring (bicyclic) bond motifs is 4. The number of hydrogen-bond acceptors (Lipinski definition) is 3. The van der Waals surface area contributed by atoms with E-state index in [-0.39, 0.29) is 34.6 Å². The van der Waals surface area contributed by atoms with Crippen LogP contribution in [0.15, 0.2) is 11.1 Å². The van der Waals surface area contributed by atoms with Crippen LogP contribution < -0.4 is 0 Å². The molecule has 4 aliphatic rings. The fraction of sp³-hybridized carbons (Fsp3) is 0.900. The Bertz CT molecular complexity index is 551. The summed E-state index contributed by atoms with van der Waals surface area (Å²) in [7, 11) is 0. The summed E-state index contributed by atoms with van der Waals surface area (Å²) in [6.07, 6.45) is 5.97. The van der Waals surface area contributed by atoms with Crippen molar-refractivity contribution < 1.29 is 14.9 Å². The smallest absolute Gasteiger partial charge is 0.0868 e. The van der Waals surface area contributed by atoms with E-state index in [1.807, 2.05) is 0 Å². The summed E-state index contributed by atoms with van der Waals surface area (Å²) in [6.45, 7) is 9.65. The van der Waals surface area contributed by atoms with Crippen LogP contribution in [-0.4, -0.2) is 35.1 Å². The van der Waals surface area contributed by atoms with Crippen molar-refractivity contribution in [1.29, 1.82) is 0 Å². The zero-order valence-electron chi connectivity index (χ0n) is 15.1. The van der Waals surface area contributed by atoms with Crippen LogP contribution in [0.25, 0.3) is 0 Å². The highest BCUT2D eigenvalue weighted by Crippen LogP contribution is 2.64. The maximum atomic E-state index is 10.5. The van der Waals surface area contributed by atoms with Gasteiger partial charge in [0, 0.05) is 5.41 Å². The molecule has 0 radical (unpaired) electrons. The van der Waals surface area contributed by atoms with Crippen molar-refractivity contribution in [3.63, 3.8) is 0 Å². The summed E-state index contributed by atoms with van der Waals surface area (Å²) >= 11 is 0. The predicted octanol–water partition coefficient (Wildman–Crippen LogP) is 3.44. The van der Waals surface area contributed by atoms with Gasteiger partial charge >= 0.3 is 0 Å². The van der Waals surface area contributed by atoms with E-state index in [1.54, 1.807) is 5.57 Å². The van der Waals surface area contributed by atoms with Gasteiger partial charge in [-0.15, -0.1) is 0 Å². The van der Waals surface area contributed by atoms with E-state index in [2.05, 4.69) is 27.7 Å². The molecule has 0 aromatic carbocycles. The van der Waals surface area contributed by atoms with Crippen molar-refractivity contribution in [3.8, 4) is 0 Å². The second kappa shape index (κ2) is 4.83. The van der Waals surface area contributed by atoms with Crippen molar-refractivity contribution in [2.24, 2.45) is 22.2 Å². The Morgan fingerprint density at radius 2 is 1.70 bits per heavy atom. The lowest BCUT2D eigenvalue weighted by molar-refractivity contribution is -0.0948. The van der Waals surface area contributed by atoms with Crippen LogP contribution in [-0.2, 0) is 4.74 Å². The zero-order valence-corrected chi connectivity index (χ0v) is 15.1. The first-order chi connectivity index (χ1) is 10.7. The van der Waals surface area contributed by atoms with Crippen LogP contribution in [0.4, 0.5) is 0 Å². The van der Waals surface area contributed by atoms with Crippen LogP contribution in [0.5, 0.6) is 0 Å². The SMILES string of the molecule is CC1(C)C(O)CC[C@@]2(C)C3=C(CCC12)C1OCC(O)[C@@]1(C)CC3. The summed E-state index contributed by atoms with van der Waals surface area (Å²) in [6, 6.07) is 0. The Kier molecular flexibility index (Phi) is 3.38. The second-order valence-corrected chi connectivity index (χ2v) is 9.62. The number of allylic oxidation sites excluding steroid dienone is 1. The molecule has 1 aliphatic heterocycles. The highest BCUT2D eigenvalue weighted by Gasteiger charge is 2.59. The summed E-state index contributed by atoms with van der Waals surface area (Å²) in [4.78, 5) is 0.